The van der Waals surface area contributed by atoms with Crippen LogP contribution < -0.4 is 4.74 Å². The lowest BCUT2D eigenvalue weighted by atomic mass is 10.0. The molecular formula is C11H13NO2. The number of rotatable bonds is 3. The van der Waals surface area contributed by atoms with E-state index in [2.05, 4.69) is 0 Å². The number of hydrogen-bond acceptors (Lipinski definition) is 3. The van der Waals surface area contributed by atoms with Crippen LogP contribution in [0.25, 0.3) is 0 Å². The van der Waals surface area contributed by atoms with E-state index >= 15 is 0 Å². The van der Waals surface area contributed by atoms with Crippen LogP contribution in [-0.4, -0.2) is 12.2 Å². The minimum absolute atomic E-state index is 0.0831. The molecule has 0 bridgehead atoms. The lowest BCUT2D eigenvalue weighted by Crippen LogP contribution is -2.01. The monoisotopic (exact) mass is 191 g/mol. The second-order valence-corrected chi connectivity index (χ2v) is 3.08. The highest BCUT2D eigenvalue weighted by atomic mass is 16.5. The maximum Gasteiger partial charge on any atom is 0.127 e. The van der Waals surface area contributed by atoms with Gasteiger partial charge in [-0.1, -0.05) is 18.2 Å². The average Bonchev–Trinajstić information content (AvgIpc) is 2.17. The minimum Gasteiger partial charge on any atom is -0.496 e. The zero-order valence-corrected chi connectivity index (χ0v) is 8.32. The van der Waals surface area contributed by atoms with Crippen molar-refractivity contribution in [3.8, 4) is 11.8 Å². The average molecular weight is 191 g/mol. The molecule has 1 rings (SSSR count). The Bertz CT molecular complexity index is 355. The van der Waals surface area contributed by atoms with Gasteiger partial charge in [0.1, 0.15) is 5.75 Å². The molecule has 1 aromatic rings. The van der Waals surface area contributed by atoms with Gasteiger partial charge in [0.2, 0.25) is 0 Å². The first kappa shape index (κ1) is 10.6. The molecule has 0 heterocycles. The highest BCUT2D eigenvalue weighted by molar-refractivity contribution is 5.42. The van der Waals surface area contributed by atoms with Gasteiger partial charge in [0.05, 0.1) is 25.7 Å². The smallest absolute Gasteiger partial charge is 0.127 e. The van der Waals surface area contributed by atoms with Gasteiger partial charge in [-0.05, 0) is 12.5 Å². The van der Waals surface area contributed by atoms with E-state index < -0.39 is 6.10 Å². The summed E-state index contributed by atoms with van der Waals surface area (Å²) >= 11 is 0. The molecule has 1 N–H and O–H groups in total. The largest absolute Gasteiger partial charge is 0.496 e. The number of ether oxygens (including phenoxy) is 1. The Hall–Kier alpha value is -1.53. The van der Waals surface area contributed by atoms with Crippen LogP contribution in [0.5, 0.6) is 5.75 Å². The van der Waals surface area contributed by atoms with Crippen molar-refractivity contribution in [3.63, 3.8) is 0 Å². The van der Waals surface area contributed by atoms with Gasteiger partial charge in [-0.25, -0.2) is 0 Å². The van der Waals surface area contributed by atoms with Crippen LogP contribution in [0.3, 0.4) is 0 Å². The summed E-state index contributed by atoms with van der Waals surface area (Å²) < 4.78 is 5.17. The molecule has 74 valence electrons. The van der Waals surface area contributed by atoms with Crippen LogP contribution in [0, 0.1) is 18.3 Å². The van der Waals surface area contributed by atoms with E-state index in [0.717, 1.165) is 5.56 Å². The maximum absolute atomic E-state index is 9.65. The van der Waals surface area contributed by atoms with Crippen LogP contribution in [0.4, 0.5) is 0 Å². The number of aliphatic hydroxyl groups is 1. The van der Waals surface area contributed by atoms with E-state index in [-0.39, 0.29) is 6.42 Å². The Balaban J connectivity index is 3.08. The van der Waals surface area contributed by atoms with Crippen molar-refractivity contribution in [2.75, 3.05) is 7.11 Å². The van der Waals surface area contributed by atoms with Crippen LogP contribution in [0.1, 0.15) is 23.7 Å². The number of benzene rings is 1. The highest BCUT2D eigenvalue weighted by Gasteiger charge is 2.13. The fraction of sp³-hybridized carbons (Fsp3) is 0.364. The summed E-state index contributed by atoms with van der Waals surface area (Å²) in [4.78, 5) is 0. The zero-order valence-electron chi connectivity index (χ0n) is 8.32. The number of aryl methyl sites for hydroxylation is 1. The summed E-state index contributed by atoms with van der Waals surface area (Å²) in [6.07, 6.45) is -0.686. The molecule has 0 aliphatic heterocycles. The minimum atomic E-state index is -0.769. The maximum atomic E-state index is 9.65. The van der Waals surface area contributed by atoms with Gasteiger partial charge < -0.3 is 9.84 Å². The van der Waals surface area contributed by atoms with Crippen LogP contribution in [-0.2, 0) is 0 Å². The SMILES string of the molecule is COc1c(C)cccc1C(O)CC#N. The molecule has 0 radical (unpaired) electrons. The molecule has 0 fully saturated rings. The van der Waals surface area contributed by atoms with Crippen molar-refractivity contribution < 1.29 is 9.84 Å². The van der Waals surface area contributed by atoms with Gasteiger partial charge in [0.15, 0.2) is 0 Å². The summed E-state index contributed by atoms with van der Waals surface area (Å²) in [5.74, 6) is 0.662. The molecule has 0 aliphatic carbocycles. The van der Waals surface area contributed by atoms with E-state index in [9.17, 15) is 5.11 Å². The lowest BCUT2D eigenvalue weighted by molar-refractivity contribution is 0.178. The molecule has 14 heavy (non-hydrogen) atoms. The summed E-state index contributed by atoms with van der Waals surface area (Å²) in [7, 11) is 1.56. The second kappa shape index (κ2) is 4.64. The molecule has 0 spiro atoms. The van der Waals surface area contributed by atoms with Gasteiger partial charge in [0.25, 0.3) is 0 Å². The molecule has 0 aromatic heterocycles. The Morgan fingerprint density at radius 2 is 2.29 bits per heavy atom. The summed E-state index contributed by atoms with van der Waals surface area (Å²) in [6, 6.07) is 7.45. The molecule has 0 saturated carbocycles. The third kappa shape index (κ3) is 2.04. The molecule has 0 aliphatic rings. The third-order valence-electron chi connectivity index (χ3n) is 2.09. The normalized spacial score (nSPS) is 11.9. The Morgan fingerprint density at radius 3 is 2.86 bits per heavy atom. The number of hydrogen-bond donors (Lipinski definition) is 1. The fourth-order valence-electron chi connectivity index (χ4n) is 1.41. The van der Waals surface area contributed by atoms with Crippen molar-refractivity contribution in [3.05, 3.63) is 29.3 Å². The number of methoxy groups -OCH3 is 1. The van der Waals surface area contributed by atoms with E-state index in [1.54, 1.807) is 13.2 Å². The summed E-state index contributed by atoms with van der Waals surface area (Å²) in [6.45, 7) is 1.90. The molecule has 3 heteroatoms. The van der Waals surface area contributed by atoms with Crippen molar-refractivity contribution in [1.82, 2.24) is 0 Å². The van der Waals surface area contributed by atoms with E-state index in [4.69, 9.17) is 10.00 Å². The first-order chi connectivity index (χ1) is 6.70. The first-order valence-corrected chi connectivity index (χ1v) is 4.39. The van der Waals surface area contributed by atoms with Crippen LogP contribution >= 0.6 is 0 Å². The quantitative estimate of drug-likeness (QED) is 0.794. The van der Waals surface area contributed by atoms with Gasteiger partial charge in [-0.3, -0.25) is 0 Å². The standard InChI is InChI=1S/C11H13NO2/c1-8-4-3-5-9(11(8)14-2)10(13)6-7-12/h3-5,10,13H,6H2,1-2H3. The van der Waals surface area contributed by atoms with Gasteiger partial charge >= 0.3 is 0 Å². The molecule has 1 atom stereocenters. The lowest BCUT2D eigenvalue weighted by Gasteiger charge is -2.13. The molecule has 1 aromatic carbocycles. The number of aliphatic hydroxyl groups excluding tert-OH is 1. The summed E-state index contributed by atoms with van der Waals surface area (Å²) in [5.41, 5.74) is 1.64. The van der Waals surface area contributed by atoms with Gasteiger partial charge in [0, 0.05) is 5.56 Å². The zero-order chi connectivity index (χ0) is 10.6. The third-order valence-corrected chi connectivity index (χ3v) is 2.09. The molecule has 1 unspecified atom stereocenters. The van der Waals surface area contributed by atoms with Crippen molar-refractivity contribution in [2.24, 2.45) is 0 Å². The summed E-state index contributed by atoms with van der Waals surface area (Å²) in [5, 5.41) is 18.1. The van der Waals surface area contributed by atoms with Crippen molar-refractivity contribution in [2.45, 2.75) is 19.4 Å². The van der Waals surface area contributed by atoms with E-state index in [1.165, 1.54) is 0 Å². The number of nitriles is 1. The van der Waals surface area contributed by atoms with Gasteiger partial charge in [-0.15, -0.1) is 0 Å². The van der Waals surface area contributed by atoms with Crippen LogP contribution in [0.15, 0.2) is 18.2 Å². The number of para-hydroxylation sites is 1. The predicted molar refractivity (Wildman–Crippen MR) is 52.9 cm³/mol. The van der Waals surface area contributed by atoms with Crippen LogP contribution in [0.2, 0.25) is 0 Å². The molecular weight excluding hydrogens is 178 g/mol. The predicted octanol–water partition coefficient (Wildman–Crippen LogP) is 1.95. The topological polar surface area (TPSA) is 53.2 Å². The van der Waals surface area contributed by atoms with Crippen molar-refractivity contribution >= 4 is 0 Å². The van der Waals surface area contributed by atoms with E-state index in [1.807, 2.05) is 25.1 Å². The molecule has 3 nitrogen and oxygen atoms in total. The highest BCUT2D eigenvalue weighted by Crippen LogP contribution is 2.29. The van der Waals surface area contributed by atoms with Gasteiger partial charge in [-0.2, -0.15) is 5.26 Å². The number of nitrogens with zero attached hydrogens (tertiary/aromatic N) is 1. The first-order valence-electron chi connectivity index (χ1n) is 4.39. The Labute approximate surface area is 83.6 Å². The fourth-order valence-corrected chi connectivity index (χ4v) is 1.41. The molecule has 0 saturated heterocycles. The Kier molecular flexibility index (Phi) is 3.49. The van der Waals surface area contributed by atoms with E-state index in [0.29, 0.717) is 11.3 Å². The molecule has 0 amide bonds. The second-order valence-electron chi connectivity index (χ2n) is 3.08. The Morgan fingerprint density at radius 1 is 1.57 bits per heavy atom. The van der Waals surface area contributed by atoms with Crippen molar-refractivity contribution in [1.29, 1.82) is 5.26 Å².